The molecule has 5 heteroatoms. The van der Waals surface area contributed by atoms with Gasteiger partial charge < -0.3 is 4.74 Å². The lowest BCUT2D eigenvalue weighted by Gasteiger charge is -2.11. The predicted molar refractivity (Wildman–Crippen MR) is 41.1 cm³/mol. The van der Waals surface area contributed by atoms with Gasteiger partial charge in [-0.15, -0.1) is 0 Å². The Labute approximate surface area is 70.6 Å². The minimum absolute atomic E-state index is 0.0164. The van der Waals surface area contributed by atoms with Crippen molar-refractivity contribution in [3.8, 4) is 0 Å². The minimum atomic E-state index is -0.601. The zero-order valence-corrected chi connectivity index (χ0v) is 7.00. The Morgan fingerprint density at radius 2 is 2.33 bits per heavy atom. The van der Waals surface area contributed by atoms with Gasteiger partial charge in [-0.2, -0.15) is 0 Å². The summed E-state index contributed by atoms with van der Waals surface area (Å²) in [6.45, 7) is 2.76. The molecule has 0 radical (unpaired) electrons. The molecule has 0 bridgehead atoms. The Kier molecular flexibility index (Phi) is 3.04. The van der Waals surface area contributed by atoms with E-state index in [0.717, 1.165) is 12.8 Å². The van der Waals surface area contributed by atoms with Crippen LogP contribution in [0.3, 0.4) is 0 Å². The van der Waals surface area contributed by atoms with E-state index in [9.17, 15) is 9.59 Å². The highest BCUT2D eigenvalue weighted by Gasteiger charge is 2.28. The van der Waals surface area contributed by atoms with Gasteiger partial charge in [-0.05, 0) is 6.42 Å². The highest BCUT2D eigenvalue weighted by atomic mass is 16.6. The molecule has 0 aromatic carbocycles. The molecule has 68 valence electrons. The van der Waals surface area contributed by atoms with E-state index in [1.165, 1.54) is 5.01 Å². The molecule has 0 unspecified atom stereocenters. The van der Waals surface area contributed by atoms with E-state index in [2.05, 4.69) is 17.1 Å². The number of amides is 1. The number of rotatable bonds is 4. The van der Waals surface area contributed by atoms with Crippen LogP contribution in [0.2, 0.25) is 0 Å². The highest BCUT2D eigenvalue weighted by molar-refractivity contribution is 5.92. The molecule has 1 fully saturated rings. The van der Waals surface area contributed by atoms with Gasteiger partial charge >= 0.3 is 12.1 Å². The lowest BCUT2D eigenvalue weighted by Crippen LogP contribution is -2.39. The Morgan fingerprint density at radius 1 is 1.58 bits per heavy atom. The van der Waals surface area contributed by atoms with Crippen molar-refractivity contribution in [1.82, 2.24) is 10.4 Å². The van der Waals surface area contributed by atoms with Crippen LogP contribution >= 0.6 is 0 Å². The maximum atomic E-state index is 10.8. The summed E-state index contributed by atoms with van der Waals surface area (Å²) < 4.78 is 4.29. The summed E-state index contributed by atoms with van der Waals surface area (Å²) in [7, 11) is 0. The topological polar surface area (TPSA) is 58.6 Å². The van der Waals surface area contributed by atoms with Crippen molar-refractivity contribution in [2.45, 2.75) is 19.8 Å². The summed E-state index contributed by atoms with van der Waals surface area (Å²) in [5, 5.41) is 1.19. The third-order valence-electron chi connectivity index (χ3n) is 1.54. The van der Waals surface area contributed by atoms with Crippen molar-refractivity contribution in [1.29, 1.82) is 0 Å². The molecule has 0 atom stereocenters. The Bertz CT molecular complexity index is 193. The fourth-order valence-corrected chi connectivity index (χ4v) is 0.890. The number of carbonyl (C=O) groups is 2. The molecule has 1 aliphatic heterocycles. The van der Waals surface area contributed by atoms with Crippen LogP contribution in [0.5, 0.6) is 0 Å². The number of hydrazine groups is 1. The molecule has 0 aromatic heterocycles. The Hall–Kier alpha value is -1.10. The molecule has 0 aliphatic carbocycles. The summed E-state index contributed by atoms with van der Waals surface area (Å²) in [6, 6.07) is 0. The van der Waals surface area contributed by atoms with Crippen LogP contribution in [0, 0.1) is 0 Å². The van der Waals surface area contributed by atoms with E-state index in [1.807, 2.05) is 0 Å². The van der Waals surface area contributed by atoms with Gasteiger partial charge in [0.1, 0.15) is 6.54 Å². The van der Waals surface area contributed by atoms with E-state index < -0.39 is 12.1 Å². The largest absolute Gasteiger partial charge is 0.432 e. The zero-order valence-electron chi connectivity index (χ0n) is 7.00. The third-order valence-corrected chi connectivity index (χ3v) is 1.54. The highest BCUT2D eigenvalue weighted by Crippen LogP contribution is 2.00. The number of hydrogen-bond donors (Lipinski definition) is 1. The molecule has 1 heterocycles. The third kappa shape index (κ3) is 2.20. The molecule has 1 N–H and O–H groups in total. The number of carbonyl (C=O) groups excluding carboxylic acids is 2. The first kappa shape index (κ1) is 8.99. The monoisotopic (exact) mass is 172 g/mol. The maximum Gasteiger partial charge on any atom is 0.432 e. The van der Waals surface area contributed by atoms with Gasteiger partial charge in [0.15, 0.2) is 0 Å². The lowest BCUT2D eigenvalue weighted by atomic mass is 10.3. The molecular formula is C7H12N2O3. The molecule has 12 heavy (non-hydrogen) atoms. The normalized spacial score (nSPS) is 16.9. The van der Waals surface area contributed by atoms with Gasteiger partial charge in [-0.3, -0.25) is 0 Å². The molecule has 1 aliphatic rings. The average molecular weight is 172 g/mol. The van der Waals surface area contributed by atoms with Gasteiger partial charge in [0.2, 0.25) is 0 Å². The number of esters is 1. The van der Waals surface area contributed by atoms with Crippen LogP contribution < -0.4 is 5.43 Å². The number of nitrogens with zero attached hydrogens (tertiary/aromatic N) is 1. The summed E-state index contributed by atoms with van der Waals surface area (Å²) in [4.78, 5) is 21.4. The van der Waals surface area contributed by atoms with Crippen molar-refractivity contribution in [3.05, 3.63) is 0 Å². The van der Waals surface area contributed by atoms with Gasteiger partial charge in [0, 0.05) is 6.54 Å². The van der Waals surface area contributed by atoms with Crippen LogP contribution in [-0.2, 0) is 9.53 Å². The molecule has 1 rings (SSSR count). The minimum Gasteiger partial charge on any atom is -0.374 e. The second-order valence-electron chi connectivity index (χ2n) is 2.59. The van der Waals surface area contributed by atoms with Crippen LogP contribution in [-0.4, -0.2) is 30.2 Å². The fraction of sp³-hybridized carbons (Fsp3) is 0.714. The molecule has 1 amide bonds. The molecule has 0 spiro atoms. The smallest absolute Gasteiger partial charge is 0.374 e. The Morgan fingerprint density at radius 3 is 2.83 bits per heavy atom. The molecular weight excluding hydrogens is 160 g/mol. The van der Waals surface area contributed by atoms with E-state index in [0.29, 0.717) is 6.54 Å². The first-order chi connectivity index (χ1) is 5.74. The second kappa shape index (κ2) is 4.06. The number of unbranched alkanes of at least 4 members (excludes halogenated alkanes) is 1. The molecule has 5 nitrogen and oxygen atoms in total. The lowest BCUT2D eigenvalue weighted by molar-refractivity contribution is -0.133. The quantitative estimate of drug-likeness (QED) is 0.375. The van der Waals surface area contributed by atoms with E-state index >= 15 is 0 Å². The van der Waals surface area contributed by atoms with Crippen LogP contribution in [0.15, 0.2) is 0 Å². The zero-order chi connectivity index (χ0) is 8.97. The summed E-state index contributed by atoms with van der Waals surface area (Å²) >= 11 is 0. The maximum absolute atomic E-state index is 10.8. The summed E-state index contributed by atoms with van der Waals surface area (Å²) in [6.07, 6.45) is 1.41. The van der Waals surface area contributed by atoms with Crippen molar-refractivity contribution >= 4 is 12.1 Å². The van der Waals surface area contributed by atoms with Crippen LogP contribution in [0.4, 0.5) is 4.79 Å². The Balaban J connectivity index is 2.24. The number of ether oxygens (including phenoxy) is 1. The van der Waals surface area contributed by atoms with E-state index in [1.54, 1.807) is 0 Å². The number of hydrogen-bond acceptors (Lipinski definition) is 4. The second-order valence-corrected chi connectivity index (χ2v) is 2.59. The summed E-state index contributed by atoms with van der Waals surface area (Å²) in [5.74, 6) is -0.496. The first-order valence-electron chi connectivity index (χ1n) is 3.99. The van der Waals surface area contributed by atoms with Gasteiger partial charge in [-0.25, -0.2) is 20.0 Å². The van der Waals surface area contributed by atoms with Crippen molar-refractivity contribution in [2.75, 3.05) is 13.1 Å². The fourth-order valence-electron chi connectivity index (χ4n) is 0.890. The van der Waals surface area contributed by atoms with Gasteiger partial charge in [0.05, 0.1) is 0 Å². The molecule has 0 saturated carbocycles. The van der Waals surface area contributed by atoms with E-state index in [-0.39, 0.29) is 6.54 Å². The predicted octanol–water partition coefficient (Wildman–Crippen LogP) is 0.270. The van der Waals surface area contributed by atoms with Crippen molar-refractivity contribution < 1.29 is 14.3 Å². The molecule has 1 saturated heterocycles. The number of nitrogens with one attached hydrogen (secondary N) is 1. The van der Waals surface area contributed by atoms with Gasteiger partial charge in [0.25, 0.3) is 0 Å². The van der Waals surface area contributed by atoms with E-state index in [4.69, 9.17) is 0 Å². The van der Waals surface area contributed by atoms with Crippen LogP contribution in [0.25, 0.3) is 0 Å². The first-order valence-corrected chi connectivity index (χ1v) is 3.99. The van der Waals surface area contributed by atoms with Crippen LogP contribution in [0.1, 0.15) is 19.8 Å². The van der Waals surface area contributed by atoms with Crippen molar-refractivity contribution in [2.24, 2.45) is 0 Å². The average Bonchev–Trinajstić information content (AvgIpc) is 2.31. The standard InChI is InChI=1S/C7H12N2O3/c1-2-3-4-8-9-5-6(10)12-7(9)11/h8H,2-5H2,1H3. The van der Waals surface area contributed by atoms with Crippen molar-refractivity contribution in [3.63, 3.8) is 0 Å². The number of cyclic esters (lactones) is 2. The SMILES string of the molecule is CCCCNN1CC(=O)OC1=O. The summed E-state index contributed by atoms with van der Waals surface area (Å²) in [5.41, 5.74) is 2.80. The molecule has 0 aromatic rings. The van der Waals surface area contributed by atoms with Gasteiger partial charge in [-0.1, -0.05) is 13.3 Å².